The van der Waals surface area contributed by atoms with Gasteiger partial charge in [-0.3, -0.25) is 0 Å². The van der Waals surface area contributed by atoms with Crippen LogP contribution in [0.1, 0.15) is 18.9 Å². The van der Waals surface area contributed by atoms with Crippen molar-refractivity contribution in [3.8, 4) is 5.75 Å². The highest BCUT2D eigenvalue weighted by Crippen LogP contribution is 2.20. The van der Waals surface area contributed by atoms with Crippen LogP contribution < -0.4 is 10.1 Å². The quantitative estimate of drug-likeness (QED) is 0.737. The Hall–Kier alpha value is -0.770. The number of aliphatic hydroxyl groups excluding tert-OH is 1. The number of aliphatic hydroxyl groups is 1. The standard InChI is InChI=1S/C13H20ClNO2/c1-3-6-15-8-11(16)9-17-12-4-5-13(14)10(2)7-12/h4-5,7,11,15-16H,3,6,8-9H2,1-2H3. The Bertz CT molecular complexity index is 344. The van der Waals surface area contributed by atoms with Crippen molar-refractivity contribution in [2.75, 3.05) is 19.7 Å². The number of rotatable bonds is 7. The summed E-state index contributed by atoms with van der Waals surface area (Å²) in [4.78, 5) is 0. The first-order valence-electron chi connectivity index (χ1n) is 5.91. The van der Waals surface area contributed by atoms with Gasteiger partial charge in [0.15, 0.2) is 0 Å². The lowest BCUT2D eigenvalue weighted by Gasteiger charge is -2.13. The third-order valence-electron chi connectivity index (χ3n) is 2.38. The van der Waals surface area contributed by atoms with Gasteiger partial charge >= 0.3 is 0 Å². The van der Waals surface area contributed by atoms with E-state index < -0.39 is 6.10 Å². The first-order valence-corrected chi connectivity index (χ1v) is 6.29. The number of hydrogen-bond acceptors (Lipinski definition) is 3. The average Bonchev–Trinajstić information content (AvgIpc) is 2.31. The summed E-state index contributed by atoms with van der Waals surface area (Å²) in [6.45, 7) is 5.77. The monoisotopic (exact) mass is 257 g/mol. The van der Waals surface area contributed by atoms with Crippen LogP contribution in [0.5, 0.6) is 5.75 Å². The lowest BCUT2D eigenvalue weighted by molar-refractivity contribution is 0.106. The van der Waals surface area contributed by atoms with Crippen LogP contribution in [0.2, 0.25) is 5.02 Å². The van der Waals surface area contributed by atoms with Gasteiger partial charge in [-0.1, -0.05) is 18.5 Å². The lowest BCUT2D eigenvalue weighted by atomic mass is 10.2. The minimum atomic E-state index is -0.488. The second-order valence-corrected chi connectivity index (χ2v) is 4.49. The van der Waals surface area contributed by atoms with Gasteiger partial charge in [0, 0.05) is 11.6 Å². The van der Waals surface area contributed by atoms with Crippen LogP contribution >= 0.6 is 11.6 Å². The Kier molecular flexibility index (Phi) is 6.34. The normalized spacial score (nSPS) is 12.5. The summed E-state index contributed by atoms with van der Waals surface area (Å²) in [5.74, 6) is 0.737. The molecule has 1 rings (SSSR count). The highest BCUT2D eigenvalue weighted by Gasteiger charge is 2.05. The molecule has 0 saturated heterocycles. The van der Waals surface area contributed by atoms with Crippen LogP contribution in [-0.2, 0) is 0 Å². The van der Waals surface area contributed by atoms with Crippen LogP contribution in [0.3, 0.4) is 0 Å². The number of halogens is 1. The van der Waals surface area contributed by atoms with E-state index in [9.17, 15) is 5.11 Å². The molecule has 0 spiro atoms. The van der Waals surface area contributed by atoms with Gasteiger partial charge in [0.25, 0.3) is 0 Å². The van der Waals surface area contributed by atoms with Crippen molar-refractivity contribution in [3.05, 3.63) is 28.8 Å². The molecule has 0 heterocycles. The van der Waals surface area contributed by atoms with E-state index in [1.54, 1.807) is 6.07 Å². The molecule has 3 nitrogen and oxygen atoms in total. The van der Waals surface area contributed by atoms with Crippen LogP contribution in [0.25, 0.3) is 0 Å². The van der Waals surface area contributed by atoms with Gasteiger partial charge in [-0.25, -0.2) is 0 Å². The fraction of sp³-hybridized carbons (Fsp3) is 0.538. The molecular formula is C13H20ClNO2. The summed E-state index contributed by atoms with van der Waals surface area (Å²) in [5.41, 5.74) is 0.975. The minimum absolute atomic E-state index is 0.289. The van der Waals surface area contributed by atoms with E-state index in [2.05, 4.69) is 12.2 Å². The second kappa shape index (κ2) is 7.54. The van der Waals surface area contributed by atoms with Crippen molar-refractivity contribution >= 4 is 11.6 Å². The molecule has 4 heteroatoms. The van der Waals surface area contributed by atoms with Gasteiger partial charge in [-0.2, -0.15) is 0 Å². The highest BCUT2D eigenvalue weighted by atomic mass is 35.5. The molecular weight excluding hydrogens is 238 g/mol. The molecule has 0 radical (unpaired) electrons. The second-order valence-electron chi connectivity index (χ2n) is 4.08. The number of benzene rings is 1. The van der Waals surface area contributed by atoms with E-state index in [0.717, 1.165) is 29.3 Å². The zero-order valence-electron chi connectivity index (χ0n) is 10.4. The molecule has 0 bridgehead atoms. The third-order valence-corrected chi connectivity index (χ3v) is 2.80. The predicted octanol–water partition coefficient (Wildman–Crippen LogP) is 2.39. The Morgan fingerprint density at radius 3 is 2.88 bits per heavy atom. The Morgan fingerprint density at radius 1 is 1.47 bits per heavy atom. The summed E-state index contributed by atoms with van der Waals surface area (Å²) >= 11 is 5.91. The predicted molar refractivity (Wildman–Crippen MR) is 70.9 cm³/mol. The van der Waals surface area contributed by atoms with E-state index in [0.29, 0.717) is 6.54 Å². The van der Waals surface area contributed by atoms with Crippen molar-refractivity contribution in [1.29, 1.82) is 0 Å². The van der Waals surface area contributed by atoms with Crippen LogP contribution in [0.4, 0.5) is 0 Å². The molecule has 1 aromatic rings. The molecule has 0 amide bonds. The summed E-state index contributed by atoms with van der Waals surface area (Å²) in [6.07, 6.45) is 0.571. The zero-order valence-corrected chi connectivity index (χ0v) is 11.1. The third kappa shape index (κ3) is 5.39. The first-order chi connectivity index (χ1) is 8.13. The van der Waals surface area contributed by atoms with E-state index >= 15 is 0 Å². The van der Waals surface area contributed by atoms with Gasteiger partial charge in [0.1, 0.15) is 18.5 Å². The molecule has 0 saturated carbocycles. The molecule has 0 aliphatic heterocycles. The Balaban J connectivity index is 2.31. The van der Waals surface area contributed by atoms with Gasteiger partial charge in [0.05, 0.1) is 0 Å². The summed E-state index contributed by atoms with van der Waals surface area (Å²) in [5, 5.41) is 13.5. The Morgan fingerprint density at radius 2 is 2.24 bits per heavy atom. The van der Waals surface area contributed by atoms with Crippen LogP contribution in [0.15, 0.2) is 18.2 Å². The number of ether oxygens (including phenoxy) is 1. The topological polar surface area (TPSA) is 41.5 Å². The number of aryl methyl sites for hydroxylation is 1. The first kappa shape index (κ1) is 14.3. The van der Waals surface area contributed by atoms with Crippen molar-refractivity contribution in [2.45, 2.75) is 26.4 Å². The molecule has 1 unspecified atom stereocenters. The minimum Gasteiger partial charge on any atom is -0.491 e. The largest absolute Gasteiger partial charge is 0.491 e. The Labute approximate surface area is 108 Å². The highest BCUT2D eigenvalue weighted by molar-refractivity contribution is 6.31. The maximum Gasteiger partial charge on any atom is 0.119 e. The van der Waals surface area contributed by atoms with E-state index in [4.69, 9.17) is 16.3 Å². The number of nitrogens with one attached hydrogen (secondary N) is 1. The van der Waals surface area contributed by atoms with Crippen LogP contribution in [-0.4, -0.2) is 30.9 Å². The molecule has 0 aliphatic rings. The summed E-state index contributed by atoms with van der Waals surface area (Å²) < 4.78 is 5.49. The maximum absolute atomic E-state index is 9.65. The van der Waals surface area contributed by atoms with Crippen LogP contribution in [0, 0.1) is 6.92 Å². The molecule has 1 aromatic carbocycles. The number of hydrogen-bond donors (Lipinski definition) is 2. The van der Waals surface area contributed by atoms with Gasteiger partial charge in [-0.15, -0.1) is 0 Å². The van der Waals surface area contributed by atoms with Gasteiger partial charge in [0.2, 0.25) is 0 Å². The molecule has 0 fully saturated rings. The zero-order chi connectivity index (χ0) is 12.7. The fourth-order valence-electron chi connectivity index (χ4n) is 1.40. The molecule has 2 N–H and O–H groups in total. The molecule has 17 heavy (non-hydrogen) atoms. The fourth-order valence-corrected chi connectivity index (χ4v) is 1.52. The molecule has 1 atom stereocenters. The van der Waals surface area contributed by atoms with Gasteiger partial charge in [-0.05, 0) is 43.7 Å². The smallest absolute Gasteiger partial charge is 0.119 e. The van der Waals surface area contributed by atoms with E-state index in [1.807, 2.05) is 19.1 Å². The molecule has 0 aliphatic carbocycles. The SMILES string of the molecule is CCCNCC(O)COc1ccc(Cl)c(C)c1. The maximum atomic E-state index is 9.65. The van der Waals surface area contributed by atoms with Gasteiger partial charge < -0.3 is 15.2 Å². The molecule has 0 aromatic heterocycles. The summed E-state index contributed by atoms with van der Waals surface area (Å²) in [7, 11) is 0. The lowest BCUT2D eigenvalue weighted by Crippen LogP contribution is -2.31. The van der Waals surface area contributed by atoms with Crippen molar-refractivity contribution in [3.63, 3.8) is 0 Å². The van der Waals surface area contributed by atoms with Crippen molar-refractivity contribution in [2.24, 2.45) is 0 Å². The summed E-state index contributed by atoms with van der Waals surface area (Å²) in [6, 6.07) is 5.48. The average molecular weight is 258 g/mol. The van der Waals surface area contributed by atoms with Crippen molar-refractivity contribution in [1.82, 2.24) is 5.32 Å². The van der Waals surface area contributed by atoms with E-state index in [1.165, 1.54) is 0 Å². The van der Waals surface area contributed by atoms with Crippen molar-refractivity contribution < 1.29 is 9.84 Å². The molecule has 96 valence electrons. The van der Waals surface area contributed by atoms with E-state index in [-0.39, 0.29) is 6.61 Å².